The third-order valence-electron chi connectivity index (χ3n) is 4.36. The average molecular weight is 313 g/mol. The van der Waals surface area contributed by atoms with Crippen molar-refractivity contribution in [3.05, 3.63) is 58.4 Å². The standard InChI is InChI=1S/C16H19N5O2/c1-19-6-2-3-13(19)14-11-23-8-7-20(14)10-12-9-16(22)21-15(18-12)4-5-17-21/h2-6,9,14,17H,7-8,10-11H2,1H3/t14-/m1/s1. The summed E-state index contributed by atoms with van der Waals surface area (Å²) in [5, 5.41) is 2.86. The second-order valence-corrected chi connectivity index (χ2v) is 5.85. The van der Waals surface area contributed by atoms with Crippen molar-refractivity contribution < 1.29 is 4.74 Å². The molecule has 0 saturated carbocycles. The van der Waals surface area contributed by atoms with E-state index in [2.05, 4.69) is 25.6 Å². The summed E-state index contributed by atoms with van der Waals surface area (Å²) >= 11 is 0. The summed E-state index contributed by atoms with van der Waals surface area (Å²) in [6.07, 6.45) is 3.76. The van der Waals surface area contributed by atoms with Crippen LogP contribution in [-0.2, 0) is 18.3 Å². The number of H-pyrrole nitrogens is 1. The highest BCUT2D eigenvalue weighted by molar-refractivity contribution is 5.36. The van der Waals surface area contributed by atoms with E-state index < -0.39 is 0 Å². The van der Waals surface area contributed by atoms with Gasteiger partial charge in [0.2, 0.25) is 0 Å². The van der Waals surface area contributed by atoms with Crippen molar-refractivity contribution in [1.82, 2.24) is 24.1 Å². The molecule has 0 radical (unpaired) electrons. The quantitative estimate of drug-likeness (QED) is 0.781. The van der Waals surface area contributed by atoms with E-state index in [-0.39, 0.29) is 11.6 Å². The average Bonchev–Trinajstić information content (AvgIpc) is 3.17. The smallest absolute Gasteiger partial charge is 0.272 e. The molecule has 0 spiro atoms. The molecule has 7 nitrogen and oxygen atoms in total. The largest absolute Gasteiger partial charge is 0.378 e. The van der Waals surface area contributed by atoms with Gasteiger partial charge in [0, 0.05) is 50.4 Å². The Morgan fingerprint density at radius 2 is 2.35 bits per heavy atom. The fourth-order valence-corrected chi connectivity index (χ4v) is 3.19. The van der Waals surface area contributed by atoms with Gasteiger partial charge in [0.1, 0.15) is 0 Å². The Bertz CT molecular complexity index is 878. The van der Waals surface area contributed by atoms with Crippen LogP contribution in [0.1, 0.15) is 17.4 Å². The van der Waals surface area contributed by atoms with E-state index in [9.17, 15) is 4.79 Å². The van der Waals surface area contributed by atoms with Crippen molar-refractivity contribution in [3.8, 4) is 0 Å². The number of morpholine rings is 1. The van der Waals surface area contributed by atoms with Gasteiger partial charge >= 0.3 is 0 Å². The van der Waals surface area contributed by atoms with Crippen LogP contribution in [0.25, 0.3) is 5.65 Å². The van der Waals surface area contributed by atoms with Crippen molar-refractivity contribution in [2.45, 2.75) is 12.6 Å². The second kappa shape index (κ2) is 5.68. The molecule has 0 amide bonds. The topological polar surface area (TPSA) is 67.6 Å². The van der Waals surface area contributed by atoms with Crippen LogP contribution in [0.4, 0.5) is 0 Å². The predicted octanol–water partition coefficient (Wildman–Crippen LogP) is 0.935. The molecule has 4 heterocycles. The Kier molecular flexibility index (Phi) is 3.51. The van der Waals surface area contributed by atoms with Gasteiger partial charge in [-0.3, -0.25) is 14.8 Å². The van der Waals surface area contributed by atoms with Crippen molar-refractivity contribution >= 4 is 5.65 Å². The number of hydrogen-bond acceptors (Lipinski definition) is 4. The summed E-state index contributed by atoms with van der Waals surface area (Å²) in [5.74, 6) is 0. The fourth-order valence-electron chi connectivity index (χ4n) is 3.19. The summed E-state index contributed by atoms with van der Waals surface area (Å²) in [4.78, 5) is 19.0. The van der Waals surface area contributed by atoms with Crippen LogP contribution >= 0.6 is 0 Å². The molecule has 0 aliphatic carbocycles. The summed E-state index contributed by atoms with van der Waals surface area (Å²) in [7, 11) is 2.04. The molecule has 1 atom stereocenters. The Balaban J connectivity index is 1.64. The van der Waals surface area contributed by atoms with Crippen molar-refractivity contribution in [2.75, 3.05) is 19.8 Å². The highest BCUT2D eigenvalue weighted by atomic mass is 16.5. The van der Waals surface area contributed by atoms with Gasteiger partial charge in [0.25, 0.3) is 5.56 Å². The summed E-state index contributed by atoms with van der Waals surface area (Å²) in [5.41, 5.74) is 2.56. The zero-order valence-electron chi connectivity index (χ0n) is 13.0. The number of aromatic amines is 1. The molecule has 1 N–H and O–H groups in total. The molecule has 0 unspecified atom stereocenters. The van der Waals surface area contributed by atoms with Crippen molar-refractivity contribution in [2.24, 2.45) is 7.05 Å². The van der Waals surface area contributed by atoms with Gasteiger partial charge < -0.3 is 9.30 Å². The molecule has 3 aromatic rings. The Labute approximate surface area is 133 Å². The zero-order chi connectivity index (χ0) is 15.8. The molecule has 1 aliphatic heterocycles. The van der Waals surface area contributed by atoms with Crippen LogP contribution in [0.5, 0.6) is 0 Å². The maximum absolute atomic E-state index is 12.1. The Morgan fingerprint density at radius 1 is 1.43 bits per heavy atom. The molecule has 7 heteroatoms. The fraction of sp³-hybridized carbons (Fsp3) is 0.375. The van der Waals surface area contributed by atoms with E-state index in [1.165, 1.54) is 10.2 Å². The zero-order valence-corrected chi connectivity index (χ0v) is 13.0. The van der Waals surface area contributed by atoms with E-state index in [0.717, 1.165) is 12.2 Å². The second-order valence-electron chi connectivity index (χ2n) is 5.85. The molecule has 3 aromatic heterocycles. The first-order valence-corrected chi connectivity index (χ1v) is 7.71. The van der Waals surface area contributed by atoms with Gasteiger partial charge in [0.05, 0.1) is 24.9 Å². The van der Waals surface area contributed by atoms with E-state index in [1.807, 2.05) is 19.3 Å². The predicted molar refractivity (Wildman–Crippen MR) is 85.2 cm³/mol. The van der Waals surface area contributed by atoms with Crippen LogP contribution in [0, 0.1) is 0 Å². The number of hydrogen-bond donors (Lipinski definition) is 1. The number of ether oxygens (including phenoxy) is 1. The van der Waals surface area contributed by atoms with Gasteiger partial charge in [-0.05, 0) is 12.1 Å². The number of aromatic nitrogens is 4. The lowest BCUT2D eigenvalue weighted by Crippen LogP contribution is -2.40. The first kappa shape index (κ1) is 14.2. The van der Waals surface area contributed by atoms with Gasteiger partial charge in [-0.25, -0.2) is 9.50 Å². The maximum atomic E-state index is 12.1. The van der Waals surface area contributed by atoms with E-state index in [4.69, 9.17) is 4.74 Å². The first-order chi connectivity index (χ1) is 11.2. The molecule has 1 saturated heterocycles. The lowest BCUT2D eigenvalue weighted by atomic mass is 10.1. The molecule has 1 fully saturated rings. The molecule has 4 rings (SSSR count). The van der Waals surface area contributed by atoms with Crippen LogP contribution in [0.3, 0.4) is 0 Å². The minimum absolute atomic E-state index is 0.0846. The summed E-state index contributed by atoms with van der Waals surface area (Å²) in [6, 6.07) is 7.73. The third kappa shape index (κ3) is 2.58. The first-order valence-electron chi connectivity index (χ1n) is 7.71. The van der Waals surface area contributed by atoms with Crippen molar-refractivity contribution in [3.63, 3.8) is 0 Å². The minimum Gasteiger partial charge on any atom is -0.378 e. The normalized spacial score (nSPS) is 19.4. The van der Waals surface area contributed by atoms with E-state index in [0.29, 0.717) is 25.4 Å². The number of fused-ring (bicyclic) bond motifs is 1. The molecular formula is C16H19N5O2. The number of rotatable bonds is 3. The monoisotopic (exact) mass is 313 g/mol. The van der Waals surface area contributed by atoms with E-state index in [1.54, 1.807) is 18.3 Å². The number of aryl methyl sites for hydroxylation is 1. The SMILES string of the molecule is Cn1cccc1[C@H]1COCCN1Cc1cc(=O)n2[nH]ccc2n1. The Hall–Kier alpha value is -2.38. The summed E-state index contributed by atoms with van der Waals surface area (Å²) < 4.78 is 9.22. The maximum Gasteiger partial charge on any atom is 0.272 e. The molecular weight excluding hydrogens is 294 g/mol. The minimum atomic E-state index is -0.0846. The van der Waals surface area contributed by atoms with Crippen LogP contribution in [-0.4, -0.2) is 43.8 Å². The van der Waals surface area contributed by atoms with Crippen molar-refractivity contribution in [1.29, 1.82) is 0 Å². The van der Waals surface area contributed by atoms with Gasteiger partial charge in [-0.2, -0.15) is 0 Å². The van der Waals surface area contributed by atoms with Gasteiger partial charge in [0.15, 0.2) is 5.65 Å². The molecule has 1 aliphatic rings. The van der Waals surface area contributed by atoms with Crippen LogP contribution in [0.2, 0.25) is 0 Å². The lowest BCUT2D eigenvalue weighted by Gasteiger charge is -2.35. The van der Waals surface area contributed by atoms with Crippen LogP contribution < -0.4 is 5.56 Å². The van der Waals surface area contributed by atoms with E-state index >= 15 is 0 Å². The number of nitrogens with zero attached hydrogens (tertiary/aromatic N) is 4. The van der Waals surface area contributed by atoms with Crippen LogP contribution in [0.15, 0.2) is 41.5 Å². The van der Waals surface area contributed by atoms with Gasteiger partial charge in [-0.1, -0.05) is 0 Å². The third-order valence-corrected chi connectivity index (χ3v) is 4.36. The molecule has 0 bridgehead atoms. The Morgan fingerprint density at radius 3 is 3.17 bits per heavy atom. The highest BCUT2D eigenvalue weighted by Gasteiger charge is 2.26. The molecule has 120 valence electrons. The van der Waals surface area contributed by atoms with Gasteiger partial charge in [-0.15, -0.1) is 0 Å². The molecule has 0 aromatic carbocycles. The lowest BCUT2D eigenvalue weighted by molar-refractivity contribution is -0.0157. The summed E-state index contributed by atoms with van der Waals surface area (Å²) in [6.45, 7) is 2.82. The molecule has 23 heavy (non-hydrogen) atoms. The number of nitrogens with one attached hydrogen (secondary N) is 1. The highest BCUT2D eigenvalue weighted by Crippen LogP contribution is 2.25.